The average molecular weight is 219 g/mol. The van der Waals surface area contributed by atoms with Crippen LogP contribution in [0, 0.1) is 6.92 Å². The quantitative estimate of drug-likeness (QED) is 0.804. The molecule has 1 unspecified atom stereocenters. The molecule has 2 rings (SSSR count). The highest BCUT2D eigenvalue weighted by Crippen LogP contribution is 2.26. The summed E-state index contributed by atoms with van der Waals surface area (Å²) < 4.78 is 1.17. The van der Waals surface area contributed by atoms with Gasteiger partial charge in [-0.25, -0.2) is 4.98 Å². The van der Waals surface area contributed by atoms with Gasteiger partial charge >= 0.3 is 0 Å². The highest BCUT2D eigenvalue weighted by Gasteiger charge is 2.07. The van der Waals surface area contributed by atoms with Crippen LogP contribution in [0.5, 0.6) is 0 Å². The lowest BCUT2D eigenvalue weighted by atomic mass is 10.1. The summed E-state index contributed by atoms with van der Waals surface area (Å²) in [6, 6.07) is 5.92. The van der Waals surface area contributed by atoms with Crippen LogP contribution in [0.4, 0.5) is 0 Å². The second kappa shape index (κ2) is 4.13. The molecule has 2 aromatic rings. The van der Waals surface area contributed by atoms with Crippen molar-refractivity contribution < 1.29 is 5.11 Å². The molecule has 0 aliphatic carbocycles. The lowest BCUT2D eigenvalue weighted by Crippen LogP contribution is -1.94. The highest BCUT2D eigenvalue weighted by atomic mass is 32.1. The van der Waals surface area contributed by atoms with E-state index in [1.54, 1.807) is 17.4 Å². The smallest absolute Gasteiger partial charge is 0.0907 e. The van der Waals surface area contributed by atoms with Crippen LogP contribution in [-0.4, -0.2) is 10.1 Å². The van der Waals surface area contributed by atoms with Crippen LogP contribution >= 0.6 is 11.3 Å². The van der Waals surface area contributed by atoms with Crippen LogP contribution < -0.4 is 0 Å². The summed E-state index contributed by atoms with van der Waals surface area (Å²) in [5.41, 5.74) is 1.88. The second-order valence-electron chi connectivity index (χ2n) is 3.50. The fourth-order valence-corrected chi connectivity index (χ4v) is 2.37. The highest BCUT2D eigenvalue weighted by molar-refractivity contribution is 7.18. The van der Waals surface area contributed by atoms with Crippen molar-refractivity contribution in [2.24, 2.45) is 0 Å². The Hall–Kier alpha value is -1.19. The molecule has 1 atom stereocenters. The van der Waals surface area contributed by atoms with Gasteiger partial charge in [-0.05, 0) is 31.0 Å². The molecule has 15 heavy (non-hydrogen) atoms. The van der Waals surface area contributed by atoms with Crippen LogP contribution in [0.15, 0.2) is 30.9 Å². The molecule has 2 nitrogen and oxygen atoms in total. The first-order valence-electron chi connectivity index (χ1n) is 4.87. The summed E-state index contributed by atoms with van der Waals surface area (Å²) in [6.07, 6.45) is 1.84. The molecule has 1 aromatic heterocycles. The van der Waals surface area contributed by atoms with Crippen molar-refractivity contribution >= 4 is 21.6 Å². The van der Waals surface area contributed by atoms with E-state index in [9.17, 15) is 5.11 Å². The van der Waals surface area contributed by atoms with Gasteiger partial charge in [-0.2, -0.15) is 0 Å². The predicted molar refractivity (Wildman–Crippen MR) is 64.1 cm³/mol. The molecular formula is C12H13NOS. The molecule has 0 bridgehead atoms. The van der Waals surface area contributed by atoms with Gasteiger partial charge in [0.05, 0.1) is 21.3 Å². The van der Waals surface area contributed by atoms with E-state index < -0.39 is 6.10 Å². The van der Waals surface area contributed by atoms with E-state index in [0.29, 0.717) is 6.42 Å². The Balaban J connectivity index is 2.41. The van der Waals surface area contributed by atoms with Gasteiger partial charge in [-0.1, -0.05) is 12.1 Å². The number of thiazole rings is 1. The zero-order valence-corrected chi connectivity index (χ0v) is 9.42. The summed E-state index contributed by atoms with van der Waals surface area (Å²) in [5, 5.41) is 10.8. The minimum atomic E-state index is -0.464. The average Bonchev–Trinajstić information content (AvgIpc) is 2.57. The van der Waals surface area contributed by atoms with E-state index in [1.807, 2.05) is 25.1 Å². The Bertz CT molecular complexity index is 489. The Morgan fingerprint density at radius 1 is 1.60 bits per heavy atom. The number of aryl methyl sites for hydroxylation is 1. The normalized spacial score (nSPS) is 12.9. The molecular weight excluding hydrogens is 206 g/mol. The number of aliphatic hydroxyl groups is 1. The van der Waals surface area contributed by atoms with Crippen molar-refractivity contribution in [2.45, 2.75) is 19.4 Å². The summed E-state index contributed by atoms with van der Waals surface area (Å²) in [7, 11) is 0. The number of rotatable bonds is 3. The molecule has 1 aromatic carbocycles. The fraction of sp³-hybridized carbons (Fsp3) is 0.250. The molecule has 0 saturated heterocycles. The number of fused-ring (bicyclic) bond motifs is 1. The minimum absolute atomic E-state index is 0.464. The van der Waals surface area contributed by atoms with E-state index in [2.05, 4.69) is 11.6 Å². The molecule has 1 heterocycles. The van der Waals surface area contributed by atoms with Crippen LogP contribution in [0.3, 0.4) is 0 Å². The van der Waals surface area contributed by atoms with E-state index in [4.69, 9.17) is 0 Å². The van der Waals surface area contributed by atoms with Gasteiger partial charge in [-0.15, -0.1) is 17.9 Å². The van der Waals surface area contributed by atoms with Crippen LogP contribution in [0.1, 0.15) is 23.1 Å². The van der Waals surface area contributed by atoms with E-state index in [1.165, 1.54) is 4.70 Å². The van der Waals surface area contributed by atoms with Crippen molar-refractivity contribution in [3.8, 4) is 0 Å². The fourth-order valence-electron chi connectivity index (χ4n) is 1.56. The molecule has 0 aliphatic heterocycles. The third-order valence-electron chi connectivity index (χ3n) is 2.29. The SMILES string of the molecule is C=CCC(O)c1ccc2sc(C)nc2c1. The van der Waals surface area contributed by atoms with Crippen LogP contribution in [0.25, 0.3) is 10.2 Å². The summed E-state index contributed by atoms with van der Waals surface area (Å²) >= 11 is 1.67. The standard InChI is InChI=1S/C12H13NOS/c1-3-4-11(14)9-5-6-12-10(7-9)13-8(2)15-12/h3,5-7,11,14H,1,4H2,2H3. The van der Waals surface area contributed by atoms with Gasteiger partial charge in [0.2, 0.25) is 0 Å². The van der Waals surface area contributed by atoms with E-state index in [0.717, 1.165) is 16.1 Å². The van der Waals surface area contributed by atoms with Gasteiger partial charge in [0.25, 0.3) is 0 Å². The molecule has 0 spiro atoms. The molecule has 0 radical (unpaired) electrons. The Labute approximate surface area is 92.9 Å². The zero-order chi connectivity index (χ0) is 10.8. The van der Waals surface area contributed by atoms with Crippen molar-refractivity contribution in [1.82, 2.24) is 4.98 Å². The van der Waals surface area contributed by atoms with Crippen molar-refractivity contribution in [3.63, 3.8) is 0 Å². The molecule has 1 N–H and O–H groups in total. The predicted octanol–water partition coefficient (Wildman–Crippen LogP) is 3.21. The van der Waals surface area contributed by atoms with Gasteiger partial charge < -0.3 is 5.11 Å². The topological polar surface area (TPSA) is 33.1 Å². The van der Waals surface area contributed by atoms with E-state index >= 15 is 0 Å². The molecule has 0 amide bonds. The summed E-state index contributed by atoms with van der Waals surface area (Å²) in [5.74, 6) is 0. The van der Waals surface area contributed by atoms with Crippen molar-refractivity contribution in [3.05, 3.63) is 41.4 Å². The Morgan fingerprint density at radius 3 is 3.13 bits per heavy atom. The molecule has 0 fully saturated rings. The maximum atomic E-state index is 9.79. The number of benzene rings is 1. The number of aromatic nitrogens is 1. The van der Waals surface area contributed by atoms with Crippen molar-refractivity contribution in [1.29, 1.82) is 0 Å². The molecule has 78 valence electrons. The van der Waals surface area contributed by atoms with Gasteiger partial charge in [0.15, 0.2) is 0 Å². The van der Waals surface area contributed by atoms with Crippen LogP contribution in [-0.2, 0) is 0 Å². The van der Waals surface area contributed by atoms with Gasteiger partial charge in [0.1, 0.15) is 0 Å². The van der Waals surface area contributed by atoms with Gasteiger partial charge in [-0.3, -0.25) is 0 Å². The number of hydrogen-bond acceptors (Lipinski definition) is 3. The Kier molecular flexibility index (Phi) is 2.84. The third-order valence-corrected chi connectivity index (χ3v) is 3.25. The summed E-state index contributed by atoms with van der Waals surface area (Å²) in [4.78, 5) is 4.40. The number of aliphatic hydroxyl groups excluding tert-OH is 1. The summed E-state index contributed by atoms with van der Waals surface area (Å²) in [6.45, 7) is 5.61. The largest absolute Gasteiger partial charge is 0.388 e. The van der Waals surface area contributed by atoms with Crippen LogP contribution in [0.2, 0.25) is 0 Å². The maximum Gasteiger partial charge on any atom is 0.0907 e. The third kappa shape index (κ3) is 2.08. The number of nitrogens with zero attached hydrogens (tertiary/aromatic N) is 1. The molecule has 0 aliphatic rings. The number of hydrogen-bond donors (Lipinski definition) is 1. The first kappa shape index (κ1) is 10.3. The van der Waals surface area contributed by atoms with E-state index in [-0.39, 0.29) is 0 Å². The minimum Gasteiger partial charge on any atom is -0.388 e. The monoisotopic (exact) mass is 219 g/mol. The lowest BCUT2D eigenvalue weighted by Gasteiger charge is -2.07. The zero-order valence-electron chi connectivity index (χ0n) is 8.60. The first-order chi connectivity index (χ1) is 7.20. The van der Waals surface area contributed by atoms with Gasteiger partial charge in [0, 0.05) is 0 Å². The van der Waals surface area contributed by atoms with Crippen molar-refractivity contribution in [2.75, 3.05) is 0 Å². The Morgan fingerprint density at radius 2 is 2.40 bits per heavy atom. The lowest BCUT2D eigenvalue weighted by molar-refractivity contribution is 0.182. The second-order valence-corrected chi connectivity index (χ2v) is 4.73. The molecule has 0 saturated carbocycles. The maximum absolute atomic E-state index is 9.79. The molecule has 3 heteroatoms. The first-order valence-corrected chi connectivity index (χ1v) is 5.68.